The van der Waals surface area contributed by atoms with Crippen molar-refractivity contribution in [1.29, 1.82) is 0 Å². The fourth-order valence-corrected chi connectivity index (χ4v) is 1.07. The summed E-state index contributed by atoms with van der Waals surface area (Å²) in [6.45, 7) is 0.0518. The predicted molar refractivity (Wildman–Crippen MR) is 42.9 cm³/mol. The average Bonchev–Trinajstić information content (AvgIpc) is 2.03. The van der Waals surface area contributed by atoms with Crippen molar-refractivity contribution < 1.29 is 4.92 Å². The molecule has 3 heteroatoms. The molecular formula is C8H11NO2. The average molecular weight is 153 g/mol. The van der Waals surface area contributed by atoms with Crippen molar-refractivity contribution in [3.05, 3.63) is 33.9 Å². The third-order valence-electron chi connectivity index (χ3n) is 1.65. The maximum Gasteiger partial charge on any atom is 0.207 e. The highest BCUT2D eigenvalue weighted by molar-refractivity contribution is 5.21. The zero-order valence-corrected chi connectivity index (χ0v) is 6.32. The highest BCUT2D eigenvalue weighted by Gasteiger charge is 2.01. The largest absolute Gasteiger partial charge is 0.265 e. The molecule has 0 aliphatic heterocycles. The SMILES string of the molecule is O=[N+]([O-])CCC1=CCCC=C1. The number of nitrogens with zero attached hydrogens (tertiary/aromatic N) is 1. The summed E-state index contributed by atoms with van der Waals surface area (Å²) >= 11 is 0. The monoisotopic (exact) mass is 153 g/mol. The number of hydrogen-bond acceptors (Lipinski definition) is 2. The second-order valence-electron chi connectivity index (χ2n) is 2.57. The van der Waals surface area contributed by atoms with Crippen molar-refractivity contribution >= 4 is 0 Å². The van der Waals surface area contributed by atoms with Crippen molar-refractivity contribution in [3.63, 3.8) is 0 Å². The molecule has 1 aliphatic carbocycles. The first-order chi connectivity index (χ1) is 5.29. The summed E-state index contributed by atoms with van der Waals surface area (Å²) in [7, 11) is 0. The van der Waals surface area contributed by atoms with Crippen LogP contribution in [0.1, 0.15) is 19.3 Å². The van der Waals surface area contributed by atoms with Gasteiger partial charge >= 0.3 is 0 Å². The van der Waals surface area contributed by atoms with E-state index >= 15 is 0 Å². The Balaban J connectivity index is 2.31. The van der Waals surface area contributed by atoms with Gasteiger partial charge in [0.1, 0.15) is 0 Å². The van der Waals surface area contributed by atoms with Gasteiger partial charge in [-0.15, -0.1) is 0 Å². The second-order valence-corrected chi connectivity index (χ2v) is 2.57. The van der Waals surface area contributed by atoms with E-state index in [4.69, 9.17) is 0 Å². The van der Waals surface area contributed by atoms with E-state index in [9.17, 15) is 10.1 Å². The van der Waals surface area contributed by atoms with Crippen LogP contribution in [0.2, 0.25) is 0 Å². The van der Waals surface area contributed by atoms with Crippen molar-refractivity contribution in [2.45, 2.75) is 19.3 Å². The molecule has 0 N–H and O–H groups in total. The fraction of sp³-hybridized carbons (Fsp3) is 0.500. The molecular weight excluding hydrogens is 142 g/mol. The topological polar surface area (TPSA) is 43.1 Å². The number of allylic oxidation sites excluding steroid dienone is 3. The summed E-state index contributed by atoms with van der Waals surface area (Å²) in [5, 5.41) is 10.00. The van der Waals surface area contributed by atoms with Crippen LogP contribution in [0.4, 0.5) is 0 Å². The molecule has 0 amide bonds. The Kier molecular flexibility index (Phi) is 2.83. The molecule has 0 saturated heterocycles. The Morgan fingerprint density at radius 2 is 2.36 bits per heavy atom. The number of hydrogen-bond donors (Lipinski definition) is 0. The standard InChI is InChI=1S/C8H11NO2/c10-9(11)7-6-8-4-2-1-3-5-8/h2,4-5H,1,3,6-7H2. The van der Waals surface area contributed by atoms with Crippen molar-refractivity contribution in [2.75, 3.05) is 6.54 Å². The van der Waals surface area contributed by atoms with Gasteiger partial charge < -0.3 is 0 Å². The van der Waals surface area contributed by atoms with Gasteiger partial charge in [0.25, 0.3) is 0 Å². The summed E-state index contributed by atoms with van der Waals surface area (Å²) in [5.41, 5.74) is 1.10. The van der Waals surface area contributed by atoms with E-state index < -0.39 is 0 Å². The van der Waals surface area contributed by atoms with Gasteiger partial charge in [0.2, 0.25) is 6.54 Å². The molecule has 1 aliphatic rings. The minimum atomic E-state index is -0.275. The normalized spacial score (nSPS) is 16.2. The molecule has 0 aromatic heterocycles. The van der Waals surface area contributed by atoms with Crippen LogP contribution in [-0.4, -0.2) is 11.5 Å². The summed E-state index contributed by atoms with van der Waals surface area (Å²) in [6.07, 6.45) is 8.79. The lowest BCUT2D eigenvalue weighted by molar-refractivity contribution is -0.479. The van der Waals surface area contributed by atoms with Gasteiger partial charge in [0.05, 0.1) is 0 Å². The van der Waals surface area contributed by atoms with Gasteiger partial charge in [-0.25, -0.2) is 0 Å². The lowest BCUT2D eigenvalue weighted by Gasteiger charge is -2.02. The van der Waals surface area contributed by atoms with Crippen LogP contribution in [0.25, 0.3) is 0 Å². The molecule has 0 saturated carbocycles. The third-order valence-corrected chi connectivity index (χ3v) is 1.65. The summed E-state index contributed by atoms with van der Waals surface area (Å²) in [5.74, 6) is 0. The van der Waals surface area contributed by atoms with Crippen molar-refractivity contribution in [2.24, 2.45) is 0 Å². The van der Waals surface area contributed by atoms with E-state index in [1.807, 2.05) is 6.08 Å². The summed E-state index contributed by atoms with van der Waals surface area (Å²) in [6, 6.07) is 0. The Bertz CT molecular complexity index is 206. The lowest BCUT2D eigenvalue weighted by Crippen LogP contribution is -2.01. The molecule has 0 heterocycles. The minimum Gasteiger partial charge on any atom is -0.265 e. The molecule has 0 aromatic carbocycles. The van der Waals surface area contributed by atoms with E-state index in [0.29, 0.717) is 6.42 Å². The maximum absolute atomic E-state index is 10.00. The zero-order valence-electron chi connectivity index (χ0n) is 6.32. The van der Waals surface area contributed by atoms with Gasteiger partial charge in [-0.2, -0.15) is 0 Å². The van der Waals surface area contributed by atoms with Gasteiger partial charge in [0.15, 0.2) is 0 Å². The predicted octanol–water partition coefficient (Wildman–Crippen LogP) is 1.93. The number of nitro groups is 1. The first-order valence-electron chi connectivity index (χ1n) is 3.76. The molecule has 0 unspecified atom stereocenters. The highest BCUT2D eigenvalue weighted by Crippen LogP contribution is 2.12. The minimum absolute atomic E-state index is 0.0518. The molecule has 0 aromatic rings. The van der Waals surface area contributed by atoms with Crippen LogP contribution < -0.4 is 0 Å². The summed E-state index contributed by atoms with van der Waals surface area (Å²) < 4.78 is 0. The molecule has 1 rings (SSSR count). The van der Waals surface area contributed by atoms with E-state index in [-0.39, 0.29) is 11.5 Å². The first-order valence-corrected chi connectivity index (χ1v) is 3.76. The zero-order chi connectivity index (χ0) is 8.10. The lowest BCUT2D eigenvalue weighted by atomic mass is 10.0. The molecule has 11 heavy (non-hydrogen) atoms. The number of rotatable bonds is 3. The van der Waals surface area contributed by atoms with Crippen LogP contribution in [-0.2, 0) is 0 Å². The van der Waals surface area contributed by atoms with Crippen LogP contribution >= 0.6 is 0 Å². The van der Waals surface area contributed by atoms with E-state index in [2.05, 4.69) is 12.2 Å². The van der Waals surface area contributed by atoms with Crippen LogP contribution in [0.5, 0.6) is 0 Å². The molecule has 0 radical (unpaired) electrons. The third kappa shape index (κ3) is 2.98. The molecule has 3 nitrogen and oxygen atoms in total. The smallest absolute Gasteiger partial charge is 0.207 e. The Morgan fingerprint density at radius 3 is 2.91 bits per heavy atom. The summed E-state index contributed by atoms with van der Waals surface area (Å²) in [4.78, 5) is 9.72. The highest BCUT2D eigenvalue weighted by atomic mass is 16.6. The van der Waals surface area contributed by atoms with Crippen molar-refractivity contribution in [1.82, 2.24) is 0 Å². The first kappa shape index (κ1) is 7.98. The van der Waals surface area contributed by atoms with Crippen LogP contribution in [0.15, 0.2) is 23.8 Å². The van der Waals surface area contributed by atoms with Gasteiger partial charge in [-0.1, -0.05) is 18.2 Å². The molecule has 0 spiro atoms. The molecule has 0 atom stereocenters. The van der Waals surface area contributed by atoms with E-state index in [1.54, 1.807) is 0 Å². The van der Waals surface area contributed by atoms with E-state index in [1.165, 1.54) is 0 Å². The van der Waals surface area contributed by atoms with Crippen LogP contribution in [0, 0.1) is 10.1 Å². The van der Waals surface area contributed by atoms with Crippen LogP contribution in [0.3, 0.4) is 0 Å². The van der Waals surface area contributed by atoms with Gasteiger partial charge in [-0.3, -0.25) is 10.1 Å². The van der Waals surface area contributed by atoms with Gasteiger partial charge in [0, 0.05) is 11.3 Å². The van der Waals surface area contributed by atoms with Crippen molar-refractivity contribution in [3.8, 4) is 0 Å². The quantitative estimate of drug-likeness (QED) is 0.459. The van der Waals surface area contributed by atoms with Gasteiger partial charge in [-0.05, 0) is 18.4 Å². The Labute approximate surface area is 65.6 Å². The Morgan fingerprint density at radius 1 is 1.55 bits per heavy atom. The molecule has 0 bridgehead atoms. The fourth-order valence-electron chi connectivity index (χ4n) is 1.07. The molecule has 0 fully saturated rings. The van der Waals surface area contributed by atoms with E-state index in [0.717, 1.165) is 18.4 Å². The Hall–Kier alpha value is -1.12. The second kappa shape index (κ2) is 3.91. The maximum atomic E-state index is 10.00. The molecule has 60 valence electrons.